The number of nitrogens with one attached hydrogen (secondary N) is 1. The molecular formula is C20H31FN4O2. The standard InChI is InChI=1S/C20H31FN4O2/c1-5-27-19(26)15-9-11-25(12-10-15)20(22-2)23-14-18(24(3)4)16-7-6-8-17(21)13-16/h6-8,13,15,18H,5,9-12,14H2,1-4H3,(H,22,23). The van der Waals surface area contributed by atoms with E-state index < -0.39 is 0 Å². The fraction of sp³-hybridized carbons (Fsp3) is 0.600. The fourth-order valence-corrected chi connectivity index (χ4v) is 3.42. The van der Waals surface area contributed by atoms with Crippen LogP contribution in [0.15, 0.2) is 29.3 Å². The number of likely N-dealkylation sites (tertiary alicyclic amines) is 1. The van der Waals surface area contributed by atoms with Crippen LogP contribution in [0, 0.1) is 11.7 Å². The van der Waals surface area contributed by atoms with E-state index in [2.05, 4.69) is 20.1 Å². The van der Waals surface area contributed by atoms with Gasteiger partial charge in [0.05, 0.1) is 18.6 Å². The van der Waals surface area contributed by atoms with Crippen molar-refractivity contribution in [3.63, 3.8) is 0 Å². The van der Waals surface area contributed by atoms with Gasteiger partial charge in [-0.15, -0.1) is 0 Å². The molecule has 0 saturated carbocycles. The van der Waals surface area contributed by atoms with Crippen LogP contribution in [0.4, 0.5) is 4.39 Å². The third-order valence-corrected chi connectivity index (χ3v) is 4.94. The molecule has 0 radical (unpaired) electrons. The smallest absolute Gasteiger partial charge is 0.309 e. The van der Waals surface area contributed by atoms with Gasteiger partial charge in [-0.25, -0.2) is 4.39 Å². The van der Waals surface area contributed by atoms with Crippen LogP contribution in [-0.2, 0) is 9.53 Å². The van der Waals surface area contributed by atoms with Gasteiger partial charge in [-0.05, 0) is 51.6 Å². The molecule has 1 saturated heterocycles. The van der Waals surface area contributed by atoms with Crippen LogP contribution in [0.2, 0.25) is 0 Å². The van der Waals surface area contributed by atoms with E-state index in [-0.39, 0.29) is 23.7 Å². The summed E-state index contributed by atoms with van der Waals surface area (Å²) in [7, 11) is 5.71. The Morgan fingerprint density at radius 3 is 2.67 bits per heavy atom. The molecule has 150 valence electrons. The first-order valence-corrected chi connectivity index (χ1v) is 9.50. The van der Waals surface area contributed by atoms with Crippen LogP contribution >= 0.6 is 0 Å². The lowest BCUT2D eigenvalue weighted by molar-refractivity contribution is -0.149. The summed E-state index contributed by atoms with van der Waals surface area (Å²) in [6.07, 6.45) is 1.53. The monoisotopic (exact) mass is 378 g/mol. The van der Waals surface area contributed by atoms with Gasteiger partial charge in [-0.3, -0.25) is 9.79 Å². The summed E-state index contributed by atoms with van der Waals surface area (Å²) in [6.45, 7) is 4.39. The zero-order valence-corrected chi connectivity index (χ0v) is 16.7. The Balaban J connectivity index is 1.94. The van der Waals surface area contributed by atoms with Crippen molar-refractivity contribution in [1.29, 1.82) is 0 Å². The van der Waals surface area contributed by atoms with Crippen molar-refractivity contribution in [2.24, 2.45) is 10.9 Å². The highest BCUT2D eigenvalue weighted by Gasteiger charge is 2.27. The summed E-state index contributed by atoms with van der Waals surface area (Å²) in [4.78, 5) is 20.5. The number of hydrogen-bond acceptors (Lipinski definition) is 4. The number of piperidine rings is 1. The third-order valence-electron chi connectivity index (χ3n) is 4.94. The Morgan fingerprint density at radius 1 is 1.41 bits per heavy atom. The van der Waals surface area contributed by atoms with Crippen LogP contribution in [0.3, 0.4) is 0 Å². The lowest BCUT2D eigenvalue weighted by atomic mass is 9.97. The average molecular weight is 378 g/mol. The van der Waals surface area contributed by atoms with Gasteiger partial charge in [0.25, 0.3) is 0 Å². The fourth-order valence-electron chi connectivity index (χ4n) is 3.42. The summed E-state index contributed by atoms with van der Waals surface area (Å²) < 4.78 is 18.7. The first-order chi connectivity index (χ1) is 13.0. The van der Waals surface area contributed by atoms with Crippen molar-refractivity contribution in [2.45, 2.75) is 25.8 Å². The van der Waals surface area contributed by atoms with Crippen LogP contribution in [-0.4, -0.2) is 69.1 Å². The SMILES string of the molecule is CCOC(=O)C1CCN(C(=NC)NCC(c2cccc(F)c2)N(C)C)CC1. The molecule has 0 bridgehead atoms. The highest BCUT2D eigenvalue weighted by Crippen LogP contribution is 2.20. The Kier molecular flexibility index (Phi) is 8.03. The second kappa shape index (κ2) is 10.3. The minimum Gasteiger partial charge on any atom is -0.466 e. The Morgan fingerprint density at radius 2 is 2.11 bits per heavy atom. The van der Waals surface area contributed by atoms with E-state index >= 15 is 0 Å². The summed E-state index contributed by atoms with van der Waals surface area (Å²) in [6, 6.07) is 6.71. The van der Waals surface area contributed by atoms with Crippen molar-refractivity contribution in [2.75, 3.05) is 47.4 Å². The molecule has 1 unspecified atom stereocenters. The number of guanidine groups is 1. The zero-order valence-electron chi connectivity index (χ0n) is 16.7. The third kappa shape index (κ3) is 5.92. The lowest BCUT2D eigenvalue weighted by Crippen LogP contribution is -2.48. The molecule has 1 aliphatic rings. The molecule has 1 atom stereocenters. The molecule has 1 aliphatic heterocycles. The second-order valence-electron chi connectivity index (χ2n) is 6.98. The van der Waals surface area contributed by atoms with E-state index in [9.17, 15) is 9.18 Å². The average Bonchev–Trinajstić information content (AvgIpc) is 2.65. The van der Waals surface area contributed by atoms with E-state index in [0.29, 0.717) is 13.2 Å². The Hall–Kier alpha value is -2.15. The summed E-state index contributed by atoms with van der Waals surface area (Å²) >= 11 is 0. The van der Waals surface area contributed by atoms with Crippen LogP contribution in [0.1, 0.15) is 31.4 Å². The molecule has 0 aromatic heterocycles. The van der Waals surface area contributed by atoms with Gasteiger partial charge < -0.3 is 19.9 Å². The van der Waals surface area contributed by atoms with Crippen molar-refractivity contribution in [1.82, 2.24) is 15.1 Å². The molecule has 27 heavy (non-hydrogen) atoms. The highest BCUT2D eigenvalue weighted by atomic mass is 19.1. The van der Waals surface area contributed by atoms with E-state index in [1.165, 1.54) is 6.07 Å². The number of ether oxygens (including phenoxy) is 1. The van der Waals surface area contributed by atoms with Gasteiger partial charge in [0.2, 0.25) is 0 Å². The van der Waals surface area contributed by atoms with E-state index in [4.69, 9.17) is 4.74 Å². The predicted molar refractivity (Wildman–Crippen MR) is 105 cm³/mol. The summed E-state index contributed by atoms with van der Waals surface area (Å²) in [5.74, 6) is 0.449. The molecule has 1 aromatic rings. The van der Waals surface area contributed by atoms with Gasteiger partial charge in [-0.2, -0.15) is 0 Å². The summed E-state index contributed by atoms with van der Waals surface area (Å²) in [5, 5.41) is 3.40. The molecule has 1 fully saturated rings. The van der Waals surface area contributed by atoms with Gasteiger partial charge in [0, 0.05) is 26.7 Å². The largest absolute Gasteiger partial charge is 0.466 e. The number of nitrogens with zero attached hydrogens (tertiary/aromatic N) is 3. The van der Waals surface area contributed by atoms with Crippen molar-refractivity contribution < 1.29 is 13.9 Å². The van der Waals surface area contributed by atoms with Crippen molar-refractivity contribution in [3.8, 4) is 0 Å². The molecule has 7 heteroatoms. The number of esters is 1. The first-order valence-electron chi connectivity index (χ1n) is 9.50. The molecule has 6 nitrogen and oxygen atoms in total. The van der Waals surface area contributed by atoms with E-state index in [1.54, 1.807) is 19.2 Å². The second-order valence-corrected chi connectivity index (χ2v) is 6.98. The number of likely N-dealkylation sites (N-methyl/N-ethyl adjacent to an activating group) is 1. The first kappa shape index (κ1) is 21.2. The Bertz CT molecular complexity index is 643. The maximum absolute atomic E-state index is 13.6. The normalized spacial score (nSPS) is 17.1. The number of halogens is 1. The minimum absolute atomic E-state index is 0.0227. The van der Waals surface area contributed by atoms with Gasteiger partial charge in [0.15, 0.2) is 5.96 Å². The van der Waals surface area contributed by atoms with Crippen molar-refractivity contribution in [3.05, 3.63) is 35.6 Å². The van der Waals surface area contributed by atoms with Gasteiger partial charge >= 0.3 is 5.97 Å². The predicted octanol–water partition coefficient (Wildman–Crippen LogP) is 2.28. The number of carbonyl (C=O) groups is 1. The molecule has 1 N–H and O–H groups in total. The molecule has 0 amide bonds. The topological polar surface area (TPSA) is 57.2 Å². The van der Waals surface area contributed by atoms with Gasteiger partial charge in [0.1, 0.15) is 5.82 Å². The quantitative estimate of drug-likeness (QED) is 0.468. The lowest BCUT2D eigenvalue weighted by Gasteiger charge is -2.34. The number of rotatable bonds is 6. The van der Waals surface area contributed by atoms with Crippen LogP contribution in [0.25, 0.3) is 0 Å². The van der Waals surface area contributed by atoms with E-state index in [1.807, 2.05) is 27.1 Å². The molecule has 0 aliphatic carbocycles. The number of carbonyl (C=O) groups excluding carboxylic acids is 1. The number of aliphatic imine (C=N–C) groups is 1. The molecule has 1 heterocycles. The number of benzene rings is 1. The van der Waals surface area contributed by atoms with Crippen LogP contribution < -0.4 is 5.32 Å². The molecule has 2 rings (SSSR count). The van der Waals surface area contributed by atoms with Crippen molar-refractivity contribution >= 4 is 11.9 Å². The molecular weight excluding hydrogens is 347 g/mol. The van der Waals surface area contributed by atoms with Crippen LogP contribution in [0.5, 0.6) is 0 Å². The maximum atomic E-state index is 13.6. The summed E-state index contributed by atoms with van der Waals surface area (Å²) in [5.41, 5.74) is 0.920. The molecule has 1 aromatic carbocycles. The Labute approximate surface area is 161 Å². The minimum atomic E-state index is -0.232. The van der Waals surface area contributed by atoms with E-state index in [0.717, 1.165) is 37.5 Å². The zero-order chi connectivity index (χ0) is 19.8. The highest BCUT2D eigenvalue weighted by molar-refractivity contribution is 5.80. The number of hydrogen-bond donors (Lipinski definition) is 1. The van der Waals surface area contributed by atoms with Gasteiger partial charge in [-0.1, -0.05) is 12.1 Å². The maximum Gasteiger partial charge on any atom is 0.309 e. The molecule has 0 spiro atoms.